The number of likely N-dealkylation sites (N-methyl/N-ethyl adjacent to an activating group) is 1. The number of carbonyl (C=O) groups excluding carboxylic acids is 1. The number of carbonyl (C=O) groups is 1. The van der Waals surface area contributed by atoms with Crippen LogP contribution >= 0.6 is 0 Å². The molecule has 0 aromatic rings. The molecule has 2 heterocycles. The van der Waals surface area contributed by atoms with Gasteiger partial charge in [-0.1, -0.05) is 72.3 Å². The third-order valence-corrected chi connectivity index (χ3v) is 11.3. The molecule has 2 rings (SSSR count). The summed E-state index contributed by atoms with van der Waals surface area (Å²) in [5.41, 5.74) is 1.18. The quantitative estimate of drug-likeness (QED) is 0.194. The van der Waals surface area contributed by atoms with Gasteiger partial charge >= 0.3 is 5.97 Å². The Kier molecular flexibility index (Phi) is 16.0. The fraction of sp³-hybridized carbons (Fsp3) is 0.865. The van der Waals surface area contributed by atoms with Crippen molar-refractivity contribution in [3.05, 3.63) is 23.8 Å². The van der Waals surface area contributed by atoms with Crippen molar-refractivity contribution in [2.45, 2.75) is 150 Å². The van der Waals surface area contributed by atoms with Crippen molar-refractivity contribution >= 4 is 14.3 Å². The van der Waals surface area contributed by atoms with Crippen molar-refractivity contribution in [1.82, 2.24) is 4.90 Å². The zero-order valence-electron chi connectivity index (χ0n) is 31.5. The summed E-state index contributed by atoms with van der Waals surface area (Å²) in [6.45, 7) is 26.5. The molecule has 1 fully saturated rings. The summed E-state index contributed by atoms with van der Waals surface area (Å²) in [4.78, 5) is 15.6. The van der Waals surface area contributed by atoms with Crippen LogP contribution in [-0.2, 0) is 28.2 Å². The van der Waals surface area contributed by atoms with E-state index >= 15 is 0 Å². The van der Waals surface area contributed by atoms with Crippen molar-refractivity contribution < 1.29 is 28.2 Å². The number of esters is 1. The first-order chi connectivity index (χ1) is 20.9. The Morgan fingerprint density at radius 2 is 1.58 bits per heavy atom. The van der Waals surface area contributed by atoms with Crippen molar-refractivity contribution in [3.8, 4) is 0 Å². The Morgan fingerprint density at radius 3 is 2.11 bits per heavy atom. The third kappa shape index (κ3) is 11.6. The largest absolute Gasteiger partial charge is 0.462 e. The number of hydrogen-bond acceptors (Lipinski definition) is 7. The van der Waals surface area contributed by atoms with Crippen LogP contribution in [0.2, 0.25) is 19.6 Å². The fourth-order valence-corrected chi connectivity index (χ4v) is 8.53. The second-order valence-corrected chi connectivity index (χ2v) is 20.0. The Labute approximate surface area is 277 Å². The lowest BCUT2D eigenvalue weighted by molar-refractivity contribution is -0.297. The van der Waals surface area contributed by atoms with Gasteiger partial charge in [-0.25, -0.2) is 0 Å². The van der Waals surface area contributed by atoms with Crippen molar-refractivity contribution in [2.75, 3.05) is 21.2 Å². The van der Waals surface area contributed by atoms with E-state index in [-0.39, 0.29) is 78.0 Å². The minimum atomic E-state index is -1.82. The van der Waals surface area contributed by atoms with E-state index in [1.165, 1.54) is 5.57 Å². The van der Waals surface area contributed by atoms with E-state index in [2.05, 4.69) is 119 Å². The van der Waals surface area contributed by atoms with Gasteiger partial charge in [0.1, 0.15) is 12.2 Å². The Bertz CT molecular complexity index is 963. The molecule has 7 unspecified atom stereocenters. The predicted molar refractivity (Wildman–Crippen MR) is 188 cm³/mol. The van der Waals surface area contributed by atoms with Crippen molar-refractivity contribution in [2.24, 2.45) is 35.5 Å². The van der Waals surface area contributed by atoms with Gasteiger partial charge in [-0.3, -0.25) is 4.79 Å². The minimum absolute atomic E-state index is 0.000255. The number of cyclic esters (lactones) is 1. The average molecular weight is 652 g/mol. The molecule has 0 aliphatic carbocycles. The summed E-state index contributed by atoms with van der Waals surface area (Å²) >= 11 is 0. The molecular weight excluding hydrogens is 582 g/mol. The third-order valence-electron chi connectivity index (χ3n) is 10.3. The van der Waals surface area contributed by atoms with Crippen LogP contribution < -0.4 is 0 Å². The fourth-order valence-electron chi connectivity index (χ4n) is 7.41. The van der Waals surface area contributed by atoms with Gasteiger partial charge in [-0.2, -0.15) is 0 Å². The van der Waals surface area contributed by atoms with Crippen molar-refractivity contribution in [1.29, 1.82) is 0 Å². The number of ether oxygens (including phenoxy) is 4. The highest BCUT2D eigenvalue weighted by atomic mass is 28.4. The van der Waals surface area contributed by atoms with Gasteiger partial charge in [-0.15, -0.1) is 0 Å². The van der Waals surface area contributed by atoms with E-state index < -0.39 is 14.6 Å². The summed E-state index contributed by atoms with van der Waals surface area (Å²) in [6.07, 6.45) is 8.66. The Balaban J connectivity index is 2.56. The van der Waals surface area contributed by atoms with E-state index in [0.717, 1.165) is 19.3 Å². The highest BCUT2D eigenvalue weighted by molar-refractivity contribution is 6.69. The molecule has 0 spiro atoms. The topological polar surface area (TPSA) is 66.5 Å². The normalized spacial score (nSPS) is 41.7. The van der Waals surface area contributed by atoms with E-state index in [1.807, 2.05) is 0 Å². The zero-order valence-corrected chi connectivity index (χ0v) is 32.5. The molecule has 45 heavy (non-hydrogen) atoms. The number of nitrogens with zero attached hydrogens (tertiary/aromatic N) is 1. The summed E-state index contributed by atoms with van der Waals surface area (Å²) in [6, 6.07) is 0.153. The Hall–Kier alpha value is -1.03. The molecule has 2 aliphatic heterocycles. The van der Waals surface area contributed by atoms with Gasteiger partial charge in [0.05, 0.1) is 18.3 Å². The van der Waals surface area contributed by atoms with Gasteiger partial charge < -0.3 is 28.3 Å². The first kappa shape index (κ1) is 40.1. The summed E-state index contributed by atoms with van der Waals surface area (Å²) in [7, 11) is 4.14. The number of methoxy groups -OCH3 is 1. The van der Waals surface area contributed by atoms with Crippen LogP contribution in [0.4, 0.5) is 0 Å². The smallest absolute Gasteiger partial charge is 0.306 e. The molecule has 0 bridgehead atoms. The summed E-state index contributed by atoms with van der Waals surface area (Å²) < 4.78 is 32.7. The molecule has 7 nitrogen and oxygen atoms in total. The molecule has 0 radical (unpaired) electrons. The molecule has 8 heteroatoms. The van der Waals surface area contributed by atoms with Crippen LogP contribution in [0.15, 0.2) is 23.8 Å². The molecular formula is C37H69NO6Si. The lowest BCUT2D eigenvalue weighted by Gasteiger charge is -2.48. The first-order valence-electron chi connectivity index (χ1n) is 17.7. The first-order valence-corrected chi connectivity index (χ1v) is 21.1. The molecule has 1 saturated heterocycles. The molecule has 0 amide bonds. The molecule has 0 N–H and O–H groups in total. The second kappa shape index (κ2) is 17.9. The van der Waals surface area contributed by atoms with Crippen LogP contribution in [0.3, 0.4) is 0 Å². The van der Waals surface area contributed by atoms with E-state index in [4.69, 9.17) is 23.4 Å². The molecule has 0 aromatic heterocycles. The number of allylic oxidation sites excluding steroid dienone is 2. The maximum absolute atomic E-state index is 13.4. The predicted octanol–water partition coefficient (Wildman–Crippen LogP) is 8.11. The van der Waals surface area contributed by atoms with E-state index in [9.17, 15) is 4.79 Å². The molecule has 0 aromatic carbocycles. The minimum Gasteiger partial charge on any atom is -0.462 e. The summed E-state index contributed by atoms with van der Waals surface area (Å²) in [5.74, 6) is 0.910. The standard InChI is InChI=1S/C37H69NO6Si/c1-16-30-20-23(3)18-19-32(44-45(13,14)15)25(5)21-26(6)35(27(7)24(4)22-33(39)42-31(30)17-2)43-37-36(40-12)34(38(10)11)28(8)29(9)41-37/h18-20,24-32,34-37H,16-17,21-22H2,1-15H3/b19-18+,23-20+/t24-,25?,26+,27+,28?,29?,30+,31-,32?,34?,35+,36?,37?/m1/s1. The SMILES string of the molecule is CC[C@H]1/C=C(C)/C=C/C(O[Si](C)(C)C)C(C)C[C@H](C)[C@H](OC2OC(C)C(C)C(N(C)C)C2OC)[C@@H](C)[C@H](C)CC(=O)O[C@@H]1CC. The van der Waals surface area contributed by atoms with Crippen LogP contribution in [0.5, 0.6) is 0 Å². The lowest BCUT2D eigenvalue weighted by atomic mass is 9.79. The number of rotatable bonds is 8. The maximum atomic E-state index is 13.4. The molecule has 2 aliphatic rings. The van der Waals surface area contributed by atoms with Gasteiger partial charge in [0, 0.05) is 31.4 Å². The summed E-state index contributed by atoms with van der Waals surface area (Å²) in [5, 5.41) is 0. The monoisotopic (exact) mass is 651 g/mol. The zero-order chi connectivity index (χ0) is 34.2. The maximum Gasteiger partial charge on any atom is 0.306 e. The van der Waals surface area contributed by atoms with Crippen LogP contribution in [0, 0.1) is 35.5 Å². The molecule has 13 atom stereocenters. The number of hydrogen-bond donors (Lipinski definition) is 0. The van der Waals surface area contributed by atoms with Gasteiger partial charge in [0.25, 0.3) is 0 Å². The van der Waals surface area contributed by atoms with Gasteiger partial charge in [0.15, 0.2) is 14.6 Å². The van der Waals surface area contributed by atoms with Crippen molar-refractivity contribution in [3.63, 3.8) is 0 Å². The van der Waals surface area contributed by atoms with E-state index in [1.54, 1.807) is 7.11 Å². The van der Waals surface area contributed by atoms with Gasteiger partial charge in [0.2, 0.25) is 0 Å². The van der Waals surface area contributed by atoms with Crippen LogP contribution in [0.1, 0.15) is 88.0 Å². The van der Waals surface area contributed by atoms with Gasteiger partial charge in [-0.05, 0) is 90.5 Å². The second-order valence-electron chi connectivity index (χ2n) is 15.5. The Morgan fingerprint density at radius 1 is 0.933 bits per heavy atom. The lowest BCUT2D eigenvalue weighted by Crippen LogP contribution is -2.60. The van der Waals surface area contributed by atoms with Crippen LogP contribution in [0.25, 0.3) is 0 Å². The van der Waals surface area contributed by atoms with Crippen LogP contribution in [-0.4, -0.2) is 83.2 Å². The van der Waals surface area contributed by atoms with E-state index in [0.29, 0.717) is 6.42 Å². The highest BCUT2D eigenvalue weighted by Gasteiger charge is 2.46. The molecule has 262 valence electrons. The molecule has 0 saturated carbocycles. The average Bonchev–Trinajstić information content (AvgIpc) is 2.95. The highest BCUT2D eigenvalue weighted by Crippen LogP contribution is 2.37.